The molecule has 30 heavy (non-hydrogen) atoms. The van der Waals surface area contributed by atoms with Crippen LogP contribution >= 0.6 is 11.6 Å². The first-order valence-electron chi connectivity index (χ1n) is 8.94. The van der Waals surface area contributed by atoms with E-state index in [0.29, 0.717) is 33.1 Å². The Morgan fingerprint density at radius 3 is 2.57 bits per heavy atom. The number of aromatic amines is 1. The number of nitrogens with zero attached hydrogens (tertiary/aromatic N) is 2. The third-order valence-corrected chi connectivity index (χ3v) is 4.51. The van der Waals surface area contributed by atoms with Crippen LogP contribution in [0.3, 0.4) is 0 Å². The molecular formula is C21H16ClN5O3. The molecule has 0 aliphatic heterocycles. The van der Waals surface area contributed by atoms with Crippen LogP contribution in [0, 0.1) is 0 Å². The Labute approximate surface area is 176 Å². The summed E-state index contributed by atoms with van der Waals surface area (Å²) in [5.74, 6) is 0.372. The van der Waals surface area contributed by atoms with Gasteiger partial charge in [0.05, 0.1) is 5.52 Å². The van der Waals surface area contributed by atoms with Crippen LogP contribution in [0.5, 0.6) is 11.5 Å². The van der Waals surface area contributed by atoms with Crippen molar-refractivity contribution in [1.29, 1.82) is 0 Å². The zero-order valence-electron chi connectivity index (χ0n) is 15.8. The Kier molecular flexibility index (Phi) is 5.32. The number of halogens is 1. The summed E-state index contributed by atoms with van der Waals surface area (Å²) < 4.78 is 5.75. The summed E-state index contributed by atoms with van der Waals surface area (Å²) in [7, 11) is 1.53. The predicted molar refractivity (Wildman–Crippen MR) is 113 cm³/mol. The maximum atomic E-state index is 12.6. The fraction of sp³-hybridized carbons (Fsp3) is 0.0476. The molecular weight excluding hydrogens is 406 g/mol. The second kappa shape index (κ2) is 8.22. The quantitative estimate of drug-likeness (QED) is 0.451. The minimum atomic E-state index is -0.346. The second-order valence-corrected chi connectivity index (χ2v) is 6.74. The number of hydrogen-bond acceptors (Lipinski definition) is 5. The molecule has 0 bridgehead atoms. The first-order valence-corrected chi connectivity index (χ1v) is 9.32. The SMILES string of the molecule is CNC(=O)c1cc(Oc2ccc(NC(=O)c3n[nH]c4cc(Cl)ccc34)cc2)ccn1. The molecule has 0 radical (unpaired) electrons. The van der Waals surface area contributed by atoms with Crippen LogP contribution < -0.4 is 15.4 Å². The number of amides is 2. The highest BCUT2D eigenvalue weighted by atomic mass is 35.5. The monoisotopic (exact) mass is 421 g/mol. The van der Waals surface area contributed by atoms with Gasteiger partial charge in [-0.2, -0.15) is 5.10 Å². The van der Waals surface area contributed by atoms with Gasteiger partial charge in [0.2, 0.25) is 0 Å². The lowest BCUT2D eigenvalue weighted by Gasteiger charge is -2.08. The summed E-state index contributed by atoms with van der Waals surface area (Å²) >= 11 is 5.96. The lowest BCUT2D eigenvalue weighted by Crippen LogP contribution is -2.18. The van der Waals surface area contributed by atoms with E-state index in [0.717, 1.165) is 0 Å². The standard InChI is InChI=1S/C21H16ClN5O3/c1-23-20(28)18-11-15(8-9-24-18)30-14-5-3-13(4-6-14)25-21(29)19-16-7-2-12(22)10-17(16)26-27-19/h2-11H,1H3,(H,23,28)(H,25,29)(H,26,27). The van der Waals surface area contributed by atoms with Crippen molar-refractivity contribution in [2.75, 3.05) is 12.4 Å². The Morgan fingerprint density at radius 1 is 1.00 bits per heavy atom. The molecule has 0 saturated heterocycles. The molecule has 0 unspecified atom stereocenters. The zero-order valence-corrected chi connectivity index (χ0v) is 16.5. The number of hydrogen-bond donors (Lipinski definition) is 3. The van der Waals surface area contributed by atoms with Crippen LogP contribution in [-0.2, 0) is 0 Å². The normalized spacial score (nSPS) is 10.6. The molecule has 2 amide bonds. The fourth-order valence-corrected chi connectivity index (χ4v) is 3.00. The van der Waals surface area contributed by atoms with Crippen molar-refractivity contribution < 1.29 is 14.3 Å². The van der Waals surface area contributed by atoms with E-state index < -0.39 is 0 Å². The predicted octanol–water partition coefficient (Wildman–Crippen LogP) is 4.02. The van der Waals surface area contributed by atoms with Crippen LogP contribution in [0.2, 0.25) is 5.02 Å². The molecule has 0 fully saturated rings. The van der Waals surface area contributed by atoms with E-state index in [9.17, 15) is 9.59 Å². The molecule has 0 aliphatic carbocycles. The Morgan fingerprint density at radius 2 is 1.80 bits per heavy atom. The van der Waals surface area contributed by atoms with E-state index in [1.807, 2.05) is 0 Å². The number of aromatic nitrogens is 3. The molecule has 2 aromatic carbocycles. The van der Waals surface area contributed by atoms with Gasteiger partial charge in [-0.25, -0.2) is 0 Å². The van der Waals surface area contributed by atoms with E-state index in [4.69, 9.17) is 16.3 Å². The molecule has 0 aliphatic rings. The number of nitrogens with one attached hydrogen (secondary N) is 3. The fourth-order valence-electron chi connectivity index (χ4n) is 2.82. The number of benzene rings is 2. The van der Waals surface area contributed by atoms with E-state index in [1.165, 1.54) is 13.2 Å². The minimum absolute atomic E-state index is 0.256. The summed E-state index contributed by atoms with van der Waals surface area (Å²) in [6, 6.07) is 15.2. The van der Waals surface area contributed by atoms with Crippen molar-refractivity contribution in [2.24, 2.45) is 0 Å². The topological polar surface area (TPSA) is 109 Å². The molecule has 8 nitrogen and oxygen atoms in total. The first-order chi connectivity index (χ1) is 14.5. The Hall–Kier alpha value is -3.91. The van der Waals surface area contributed by atoms with Crippen LogP contribution in [0.1, 0.15) is 21.0 Å². The summed E-state index contributed by atoms with van der Waals surface area (Å²) in [6.45, 7) is 0. The maximum absolute atomic E-state index is 12.6. The Balaban J connectivity index is 1.46. The third-order valence-electron chi connectivity index (χ3n) is 4.28. The molecule has 2 heterocycles. The van der Waals surface area contributed by atoms with Gasteiger partial charge in [-0.05, 0) is 48.5 Å². The average molecular weight is 422 g/mol. The molecule has 0 saturated carbocycles. The van der Waals surface area contributed by atoms with Gasteiger partial charge in [-0.15, -0.1) is 0 Å². The summed E-state index contributed by atoms with van der Waals surface area (Å²) in [6.07, 6.45) is 1.50. The maximum Gasteiger partial charge on any atom is 0.276 e. The van der Waals surface area contributed by atoms with Gasteiger partial charge in [0, 0.05) is 35.4 Å². The summed E-state index contributed by atoms with van der Waals surface area (Å²) in [5.41, 5.74) is 1.80. The van der Waals surface area contributed by atoms with Gasteiger partial charge in [0.25, 0.3) is 11.8 Å². The number of H-pyrrole nitrogens is 1. The van der Waals surface area contributed by atoms with E-state index in [1.54, 1.807) is 54.6 Å². The highest BCUT2D eigenvalue weighted by Crippen LogP contribution is 2.24. The first kappa shape index (κ1) is 19.4. The van der Waals surface area contributed by atoms with Crippen LogP contribution in [0.4, 0.5) is 5.69 Å². The average Bonchev–Trinajstić information content (AvgIpc) is 3.18. The smallest absolute Gasteiger partial charge is 0.276 e. The molecule has 0 spiro atoms. The number of carbonyl (C=O) groups excluding carboxylic acids is 2. The van der Waals surface area contributed by atoms with Crippen molar-refractivity contribution in [3.8, 4) is 11.5 Å². The number of anilines is 1. The number of fused-ring (bicyclic) bond motifs is 1. The minimum Gasteiger partial charge on any atom is -0.457 e. The van der Waals surface area contributed by atoms with Gasteiger partial charge in [-0.3, -0.25) is 19.7 Å². The van der Waals surface area contributed by atoms with E-state index in [-0.39, 0.29) is 23.2 Å². The number of pyridine rings is 1. The van der Waals surface area contributed by atoms with Crippen LogP contribution in [-0.4, -0.2) is 34.0 Å². The van der Waals surface area contributed by atoms with Gasteiger partial charge < -0.3 is 15.4 Å². The van der Waals surface area contributed by atoms with Gasteiger partial charge in [0.1, 0.15) is 17.2 Å². The molecule has 3 N–H and O–H groups in total. The molecule has 9 heteroatoms. The lowest BCUT2D eigenvalue weighted by molar-refractivity contribution is 0.0957. The highest BCUT2D eigenvalue weighted by Gasteiger charge is 2.14. The third kappa shape index (κ3) is 4.08. The van der Waals surface area contributed by atoms with Gasteiger partial charge in [-0.1, -0.05) is 11.6 Å². The number of rotatable bonds is 5. The molecule has 4 aromatic rings. The summed E-state index contributed by atoms with van der Waals surface area (Å²) in [5, 5.41) is 13.4. The Bertz CT molecular complexity index is 1240. The highest BCUT2D eigenvalue weighted by molar-refractivity contribution is 6.31. The zero-order chi connectivity index (χ0) is 21.1. The van der Waals surface area contributed by atoms with Crippen molar-refractivity contribution in [1.82, 2.24) is 20.5 Å². The van der Waals surface area contributed by atoms with Crippen molar-refractivity contribution in [2.45, 2.75) is 0 Å². The van der Waals surface area contributed by atoms with E-state index >= 15 is 0 Å². The number of carbonyl (C=O) groups is 2. The lowest BCUT2D eigenvalue weighted by atomic mass is 10.2. The number of ether oxygens (including phenoxy) is 1. The molecule has 0 atom stereocenters. The summed E-state index contributed by atoms with van der Waals surface area (Å²) in [4.78, 5) is 28.2. The molecule has 150 valence electrons. The van der Waals surface area contributed by atoms with Crippen molar-refractivity contribution in [3.05, 3.63) is 77.2 Å². The second-order valence-electron chi connectivity index (χ2n) is 6.30. The van der Waals surface area contributed by atoms with Crippen molar-refractivity contribution >= 4 is 40.0 Å². The molecule has 4 rings (SSSR count). The van der Waals surface area contributed by atoms with Crippen LogP contribution in [0.15, 0.2) is 60.8 Å². The van der Waals surface area contributed by atoms with Crippen LogP contribution in [0.25, 0.3) is 10.9 Å². The van der Waals surface area contributed by atoms with Crippen molar-refractivity contribution in [3.63, 3.8) is 0 Å². The van der Waals surface area contributed by atoms with Gasteiger partial charge in [0.15, 0.2) is 5.69 Å². The van der Waals surface area contributed by atoms with E-state index in [2.05, 4.69) is 25.8 Å². The molecule has 2 aromatic heterocycles. The van der Waals surface area contributed by atoms with Gasteiger partial charge >= 0.3 is 0 Å². The largest absolute Gasteiger partial charge is 0.457 e.